The number of hydrogen-bond donors (Lipinski definition) is 1. The summed E-state index contributed by atoms with van der Waals surface area (Å²) in [5.41, 5.74) is 6.47. The Kier molecular flexibility index (Phi) is 7.59. The number of rotatable bonds is 6. The fourth-order valence-electron chi connectivity index (χ4n) is 4.79. The second-order valence-corrected chi connectivity index (χ2v) is 9.92. The number of amides is 2. The molecule has 0 spiro atoms. The summed E-state index contributed by atoms with van der Waals surface area (Å²) in [6, 6.07) is 7.65. The van der Waals surface area contributed by atoms with E-state index in [9.17, 15) is 14.7 Å². The number of carbonyl (C=O) groups is 2. The third kappa shape index (κ3) is 4.77. The van der Waals surface area contributed by atoms with Gasteiger partial charge in [0.15, 0.2) is 0 Å². The molecular weight excluding hydrogens is 426 g/mol. The lowest BCUT2D eigenvalue weighted by atomic mass is 9.91. The van der Waals surface area contributed by atoms with Crippen LogP contribution in [0.15, 0.2) is 24.3 Å². The van der Waals surface area contributed by atoms with Gasteiger partial charge in [-0.3, -0.25) is 9.59 Å². The van der Waals surface area contributed by atoms with Crippen molar-refractivity contribution in [3.8, 4) is 5.75 Å². The van der Waals surface area contributed by atoms with E-state index in [0.29, 0.717) is 13.0 Å². The minimum Gasteiger partial charge on any atom is -0.507 e. The Morgan fingerprint density at radius 3 is 2.38 bits per heavy atom. The zero-order chi connectivity index (χ0) is 25.3. The zero-order valence-electron chi connectivity index (χ0n) is 21.9. The van der Waals surface area contributed by atoms with Gasteiger partial charge >= 0.3 is 0 Å². The number of likely N-dealkylation sites (N-methyl/N-ethyl adjacent to an activating group) is 1. The summed E-state index contributed by atoms with van der Waals surface area (Å²) in [6.07, 6.45) is 1.55. The minimum atomic E-state index is -0.569. The van der Waals surface area contributed by atoms with E-state index in [-0.39, 0.29) is 23.5 Å². The molecule has 34 heavy (non-hydrogen) atoms. The van der Waals surface area contributed by atoms with Crippen molar-refractivity contribution in [1.29, 1.82) is 0 Å². The molecule has 2 aromatic rings. The predicted molar refractivity (Wildman–Crippen MR) is 139 cm³/mol. The van der Waals surface area contributed by atoms with Crippen molar-refractivity contribution in [3.63, 3.8) is 0 Å². The highest BCUT2D eigenvalue weighted by molar-refractivity contribution is 6.00. The number of nitrogens with zero attached hydrogens (tertiary/aromatic N) is 3. The molecule has 1 N–H and O–H groups in total. The van der Waals surface area contributed by atoms with Gasteiger partial charge in [0, 0.05) is 50.9 Å². The van der Waals surface area contributed by atoms with E-state index >= 15 is 0 Å². The molecule has 184 valence electrons. The van der Waals surface area contributed by atoms with Gasteiger partial charge in [0.1, 0.15) is 11.8 Å². The lowest BCUT2D eigenvalue weighted by Crippen LogP contribution is -2.54. The first kappa shape index (κ1) is 25.6. The number of fused-ring (bicyclic) bond motifs is 1. The van der Waals surface area contributed by atoms with E-state index in [2.05, 4.69) is 37.1 Å². The van der Waals surface area contributed by atoms with E-state index in [0.717, 1.165) is 52.2 Å². The molecule has 3 rings (SSSR count). The molecule has 1 heterocycles. The number of benzene rings is 2. The molecule has 0 aliphatic carbocycles. The predicted octanol–water partition coefficient (Wildman–Crippen LogP) is 4.74. The Labute approximate surface area is 204 Å². The highest BCUT2D eigenvalue weighted by Crippen LogP contribution is 2.34. The van der Waals surface area contributed by atoms with Gasteiger partial charge in [0.25, 0.3) is 0 Å². The van der Waals surface area contributed by atoms with Crippen LogP contribution in [0.5, 0.6) is 5.75 Å². The Balaban J connectivity index is 1.99. The summed E-state index contributed by atoms with van der Waals surface area (Å²) in [6.45, 7) is 12.9. The standard InChI is InChI=1S/C28H39N3O3/c1-9-12-29(7)23-11-10-21-15-25(31(16-22(21)14-23)27(33)17(2)3)28(34)30(8)24-13-18(4)26(32)20(6)19(24)5/h10-11,13-14,17,25,32H,9,12,15-16H2,1-8H3/t25-/m0/s1. The number of aromatic hydroxyl groups is 1. The van der Waals surface area contributed by atoms with Crippen molar-refractivity contribution in [2.45, 2.75) is 67.0 Å². The average molecular weight is 466 g/mol. The second-order valence-electron chi connectivity index (χ2n) is 9.92. The number of anilines is 2. The lowest BCUT2D eigenvalue weighted by Gasteiger charge is -2.39. The summed E-state index contributed by atoms with van der Waals surface area (Å²) in [5, 5.41) is 10.3. The molecule has 0 saturated heterocycles. The van der Waals surface area contributed by atoms with Gasteiger partial charge in [-0.25, -0.2) is 0 Å². The van der Waals surface area contributed by atoms with Crippen LogP contribution in [0.1, 0.15) is 55.0 Å². The third-order valence-electron chi connectivity index (χ3n) is 7.10. The highest BCUT2D eigenvalue weighted by Gasteiger charge is 2.37. The smallest absolute Gasteiger partial charge is 0.249 e. The molecule has 0 saturated carbocycles. The molecule has 0 aromatic heterocycles. The molecule has 6 heteroatoms. The van der Waals surface area contributed by atoms with E-state index in [1.54, 1.807) is 16.8 Å². The van der Waals surface area contributed by atoms with E-state index in [1.807, 2.05) is 40.7 Å². The number of carbonyl (C=O) groups excluding carboxylic acids is 2. The average Bonchev–Trinajstić information content (AvgIpc) is 2.82. The maximum absolute atomic E-state index is 13.8. The molecule has 6 nitrogen and oxygen atoms in total. The molecule has 0 bridgehead atoms. The molecule has 0 fully saturated rings. The highest BCUT2D eigenvalue weighted by atomic mass is 16.3. The van der Waals surface area contributed by atoms with Crippen molar-refractivity contribution in [2.75, 3.05) is 30.4 Å². The van der Waals surface area contributed by atoms with Gasteiger partial charge in [-0.15, -0.1) is 0 Å². The van der Waals surface area contributed by atoms with Gasteiger partial charge in [-0.05, 0) is 73.2 Å². The van der Waals surface area contributed by atoms with Gasteiger partial charge in [0.05, 0.1) is 0 Å². The van der Waals surface area contributed by atoms with Crippen LogP contribution < -0.4 is 9.80 Å². The van der Waals surface area contributed by atoms with Crippen molar-refractivity contribution in [2.24, 2.45) is 5.92 Å². The van der Waals surface area contributed by atoms with Crippen LogP contribution in [0, 0.1) is 26.7 Å². The molecule has 2 aromatic carbocycles. The van der Waals surface area contributed by atoms with Crippen LogP contribution in [0.3, 0.4) is 0 Å². The quantitative estimate of drug-likeness (QED) is 0.670. The van der Waals surface area contributed by atoms with Crippen LogP contribution in [0.2, 0.25) is 0 Å². The fraction of sp³-hybridized carbons (Fsp3) is 0.500. The Morgan fingerprint density at radius 1 is 1.09 bits per heavy atom. The SMILES string of the molecule is CCCN(C)c1ccc2c(c1)CN(C(=O)C(C)C)[C@H](C(=O)N(C)c1cc(C)c(O)c(C)c1C)C2. The molecule has 2 amide bonds. The molecule has 1 aliphatic heterocycles. The topological polar surface area (TPSA) is 64.1 Å². The van der Waals surface area contributed by atoms with Crippen LogP contribution in [-0.2, 0) is 22.6 Å². The number of hydrogen-bond acceptors (Lipinski definition) is 4. The molecule has 0 unspecified atom stereocenters. The summed E-state index contributed by atoms with van der Waals surface area (Å²) >= 11 is 0. The van der Waals surface area contributed by atoms with Crippen molar-refractivity contribution in [3.05, 3.63) is 52.1 Å². The van der Waals surface area contributed by atoms with E-state index in [4.69, 9.17) is 0 Å². The first-order valence-corrected chi connectivity index (χ1v) is 12.2. The molecule has 1 atom stereocenters. The zero-order valence-corrected chi connectivity index (χ0v) is 21.9. The Bertz CT molecular complexity index is 1090. The van der Waals surface area contributed by atoms with Crippen LogP contribution in [0.4, 0.5) is 11.4 Å². The van der Waals surface area contributed by atoms with Crippen LogP contribution in [-0.4, -0.2) is 48.5 Å². The second kappa shape index (κ2) is 10.1. The number of phenols is 1. The summed E-state index contributed by atoms with van der Waals surface area (Å²) in [4.78, 5) is 32.7. The largest absolute Gasteiger partial charge is 0.507 e. The van der Waals surface area contributed by atoms with Gasteiger partial charge in [0.2, 0.25) is 11.8 Å². The van der Waals surface area contributed by atoms with Crippen molar-refractivity contribution < 1.29 is 14.7 Å². The van der Waals surface area contributed by atoms with Crippen LogP contribution >= 0.6 is 0 Å². The number of phenolic OH excluding ortho intramolecular Hbond substituents is 1. The van der Waals surface area contributed by atoms with Crippen molar-refractivity contribution in [1.82, 2.24) is 4.90 Å². The first-order chi connectivity index (χ1) is 16.0. The van der Waals surface area contributed by atoms with E-state index < -0.39 is 6.04 Å². The Hall–Kier alpha value is -3.02. The minimum absolute atomic E-state index is 0.0143. The third-order valence-corrected chi connectivity index (χ3v) is 7.10. The van der Waals surface area contributed by atoms with Gasteiger partial charge in [-0.1, -0.05) is 26.8 Å². The van der Waals surface area contributed by atoms with E-state index in [1.165, 1.54) is 0 Å². The lowest BCUT2D eigenvalue weighted by molar-refractivity contribution is -0.143. The summed E-state index contributed by atoms with van der Waals surface area (Å²) in [7, 11) is 3.84. The van der Waals surface area contributed by atoms with Gasteiger partial charge < -0.3 is 19.8 Å². The normalized spacial score (nSPS) is 15.3. The number of aryl methyl sites for hydroxylation is 1. The van der Waals surface area contributed by atoms with Crippen LogP contribution in [0.25, 0.3) is 0 Å². The summed E-state index contributed by atoms with van der Waals surface area (Å²) < 4.78 is 0. The molecule has 1 aliphatic rings. The monoisotopic (exact) mass is 465 g/mol. The Morgan fingerprint density at radius 2 is 1.76 bits per heavy atom. The molecular formula is C28H39N3O3. The maximum Gasteiger partial charge on any atom is 0.249 e. The molecule has 0 radical (unpaired) electrons. The van der Waals surface area contributed by atoms with Gasteiger partial charge in [-0.2, -0.15) is 0 Å². The maximum atomic E-state index is 13.8. The fourth-order valence-corrected chi connectivity index (χ4v) is 4.79. The first-order valence-electron chi connectivity index (χ1n) is 12.2. The van der Waals surface area contributed by atoms with Crippen molar-refractivity contribution >= 4 is 23.2 Å². The summed E-state index contributed by atoms with van der Waals surface area (Å²) in [5.74, 6) is -0.0685.